The molecule has 0 aliphatic carbocycles. The van der Waals surface area contributed by atoms with Gasteiger partial charge in [0.1, 0.15) is 0 Å². The van der Waals surface area contributed by atoms with Gasteiger partial charge in [-0.15, -0.1) is 0 Å². The summed E-state index contributed by atoms with van der Waals surface area (Å²) < 4.78 is 62.8. The van der Waals surface area contributed by atoms with Gasteiger partial charge in [-0.05, 0) is 17.8 Å². The van der Waals surface area contributed by atoms with Crippen molar-refractivity contribution >= 4 is 21.8 Å². The maximum Gasteiger partial charge on any atom is 0.441 e. The molecule has 0 saturated carbocycles. The molecule has 0 bridgehead atoms. The molecule has 19 heavy (non-hydrogen) atoms. The third-order valence-electron chi connectivity index (χ3n) is 2.26. The van der Waals surface area contributed by atoms with Crippen LogP contribution in [0.2, 0.25) is 0 Å². The topological polar surface area (TPSA) is 77.1 Å². The summed E-state index contributed by atoms with van der Waals surface area (Å²) in [5.74, 6) is -0.376. The predicted octanol–water partition coefficient (Wildman–Crippen LogP) is 1.02. The number of nitrogens with two attached hydrogens (primary N) is 1. The first-order valence-corrected chi connectivity index (χ1v) is 7.68. The Kier molecular flexibility index (Phi) is 5.30. The molecule has 0 unspecified atom stereocenters. The van der Waals surface area contributed by atoms with E-state index >= 15 is 0 Å². The first kappa shape index (κ1) is 16.3. The lowest BCUT2D eigenvalue weighted by Crippen LogP contribution is -2.26. The van der Waals surface area contributed by atoms with E-state index in [4.69, 9.17) is 5.73 Å². The molecule has 0 radical (unpaired) electrons. The Hall–Kier alpha value is -0.710. The van der Waals surface area contributed by atoms with Crippen molar-refractivity contribution in [3.63, 3.8) is 0 Å². The minimum Gasteiger partial charge on any atom is -0.352 e. The molecule has 1 aromatic rings. The Labute approximate surface area is 113 Å². The molecule has 0 fully saturated rings. The highest BCUT2D eigenvalue weighted by atomic mass is 32.2. The van der Waals surface area contributed by atoms with Crippen LogP contribution >= 0.6 is 11.8 Å². The predicted molar refractivity (Wildman–Crippen MR) is 67.0 cm³/mol. The van der Waals surface area contributed by atoms with Crippen LogP contribution in [0.4, 0.5) is 13.2 Å². The van der Waals surface area contributed by atoms with Gasteiger partial charge in [-0.3, -0.25) is 0 Å². The van der Waals surface area contributed by atoms with Gasteiger partial charge >= 0.3 is 5.51 Å². The summed E-state index contributed by atoms with van der Waals surface area (Å²) >= 11 is -0.270. The molecule has 0 amide bonds. The Bertz CT molecular complexity index is 525. The fraction of sp³-hybridized carbons (Fsp3) is 0.556. The molecule has 1 aromatic heterocycles. The van der Waals surface area contributed by atoms with E-state index in [-0.39, 0.29) is 35.5 Å². The van der Waals surface area contributed by atoms with Crippen molar-refractivity contribution in [3.8, 4) is 0 Å². The van der Waals surface area contributed by atoms with Crippen molar-refractivity contribution in [2.24, 2.45) is 12.8 Å². The third-order valence-corrected chi connectivity index (χ3v) is 4.43. The van der Waals surface area contributed by atoms with E-state index in [0.717, 1.165) is 0 Å². The number of aryl methyl sites for hydroxylation is 1. The first-order valence-electron chi connectivity index (χ1n) is 5.21. The number of sulfonamides is 1. The summed E-state index contributed by atoms with van der Waals surface area (Å²) in [5.41, 5.74) is 1.67. The highest BCUT2D eigenvalue weighted by Gasteiger charge is 2.27. The number of alkyl halides is 3. The highest BCUT2D eigenvalue weighted by molar-refractivity contribution is 8.00. The lowest BCUT2D eigenvalue weighted by molar-refractivity contribution is -0.0327. The zero-order chi connectivity index (χ0) is 14.7. The van der Waals surface area contributed by atoms with E-state index in [1.807, 2.05) is 0 Å². The normalized spacial score (nSPS) is 12.9. The van der Waals surface area contributed by atoms with E-state index in [2.05, 4.69) is 4.72 Å². The number of thioether (sulfide) groups is 1. The number of rotatable bonds is 6. The Morgan fingerprint density at radius 3 is 2.58 bits per heavy atom. The van der Waals surface area contributed by atoms with E-state index in [1.165, 1.54) is 12.3 Å². The van der Waals surface area contributed by atoms with Gasteiger partial charge in [0.05, 0.1) is 4.90 Å². The number of hydrogen-bond acceptors (Lipinski definition) is 4. The van der Waals surface area contributed by atoms with Gasteiger partial charge in [0.2, 0.25) is 10.0 Å². The van der Waals surface area contributed by atoms with E-state index in [1.54, 1.807) is 11.6 Å². The minimum atomic E-state index is -4.36. The van der Waals surface area contributed by atoms with E-state index < -0.39 is 15.5 Å². The van der Waals surface area contributed by atoms with Crippen molar-refractivity contribution in [2.75, 3.05) is 12.3 Å². The van der Waals surface area contributed by atoms with Crippen LogP contribution < -0.4 is 10.5 Å². The van der Waals surface area contributed by atoms with Gasteiger partial charge in [0.25, 0.3) is 0 Å². The Balaban J connectivity index is 2.61. The highest BCUT2D eigenvalue weighted by Crippen LogP contribution is 2.29. The van der Waals surface area contributed by atoms with Crippen LogP contribution in [-0.2, 0) is 23.6 Å². The summed E-state index contributed by atoms with van der Waals surface area (Å²) in [6, 6.07) is 1.39. The average molecular weight is 317 g/mol. The molecular formula is C9H14F3N3O2S2. The van der Waals surface area contributed by atoms with Crippen molar-refractivity contribution in [1.29, 1.82) is 0 Å². The number of hydrogen-bond donors (Lipinski definition) is 2. The monoisotopic (exact) mass is 317 g/mol. The third kappa shape index (κ3) is 5.05. The average Bonchev–Trinajstić information content (AvgIpc) is 2.65. The number of nitrogens with one attached hydrogen (secondary N) is 1. The second-order valence-electron chi connectivity index (χ2n) is 3.67. The van der Waals surface area contributed by atoms with Gasteiger partial charge in [-0.1, -0.05) is 0 Å². The summed E-state index contributed by atoms with van der Waals surface area (Å²) in [4.78, 5) is -0.00698. The molecule has 0 atom stereocenters. The fourth-order valence-corrected chi connectivity index (χ4v) is 3.04. The molecule has 0 aromatic carbocycles. The summed E-state index contributed by atoms with van der Waals surface area (Å²) in [6.07, 6.45) is 1.36. The molecule has 110 valence electrons. The van der Waals surface area contributed by atoms with Crippen LogP contribution in [0.15, 0.2) is 17.2 Å². The summed E-state index contributed by atoms with van der Waals surface area (Å²) in [5, 5.41) is 0. The SMILES string of the molecule is Cn1cc(S(=O)(=O)NCCSC(F)(F)F)cc1CN. The fourth-order valence-electron chi connectivity index (χ4n) is 1.35. The van der Waals surface area contributed by atoms with Crippen LogP contribution in [0.1, 0.15) is 5.69 Å². The second-order valence-corrected chi connectivity index (χ2v) is 6.60. The van der Waals surface area contributed by atoms with Crippen molar-refractivity contribution in [1.82, 2.24) is 9.29 Å². The standard InChI is InChI=1S/C9H14F3N3O2S2/c1-15-6-8(4-7(15)5-13)19(16,17)14-2-3-18-9(10,11)12/h4,6,14H,2-3,5,13H2,1H3. The van der Waals surface area contributed by atoms with Gasteiger partial charge in [-0.2, -0.15) is 13.2 Å². The maximum absolute atomic E-state index is 11.9. The molecular weight excluding hydrogens is 303 g/mol. The van der Waals surface area contributed by atoms with Crippen molar-refractivity contribution < 1.29 is 21.6 Å². The smallest absolute Gasteiger partial charge is 0.352 e. The molecule has 3 N–H and O–H groups in total. The summed E-state index contributed by atoms with van der Waals surface area (Å²) in [6.45, 7) is -0.116. The zero-order valence-corrected chi connectivity index (χ0v) is 11.7. The van der Waals surface area contributed by atoms with Gasteiger partial charge in [0, 0.05) is 37.8 Å². The van der Waals surface area contributed by atoms with Gasteiger partial charge < -0.3 is 10.3 Å². The van der Waals surface area contributed by atoms with Crippen molar-refractivity contribution in [2.45, 2.75) is 16.9 Å². The second kappa shape index (κ2) is 6.16. The lowest BCUT2D eigenvalue weighted by atomic mass is 10.4. The molecule has 1 rings (SSSR count). The van der Waals surface area contributed by atoms with Gasteiger partial charge in [-0.25, -0.2) is 13.1 Å². The van der Waals surface area contributed by atoms with E-state index in [0.29, 0.717) is 5.69 Å². The number of halogens is 3. The van der Waals surface area contributed by atoms with Crippen LogP contribution in [0.3, 0.4) is 0 Å². The molecule has 5 nitrogen and oxygen atoms in total. The quantitative estimate of drug-likeness (QED) is 0.768. The molecule has 0 aliphatic rings. The maximum atomic E-state index is 11.9. The zero-order valence-electron chi connectivity index (χ0n) is 10.1. The Morgan fingerprint density at radius 1 is 1.47 bits per heavy atom. The summed E-state index contributed by atoms with van der Waals surface area (Å²) in [7, 11) is -2.16. The Morgan fingerprint density at radius 2 is 2.11 bits per heavy atom. The number of aromatic nitrogens is 1. The van der Waals surface area contributed by atoms with Gasteiger partial charge in [0.15, 0.2) is 0 Å². The van der Waals surface area contributed by atoms with Crippen LogP contribution in [0.25, 0.3) is 0 Å². The lowest BCUT2D eigenvalue weighted by Gasteiger charge is -2.06. The molecule has 0 spiro atoms. The van der Waals surface area contributed by atoms with Crippen LogP contribution in [-0.4, -0.2) is 30.8 Å². The van der Waals surface area contributed by atoms with Crippen LogP contribution in [0.5, 0.6) is 0 Å². The van der Waals surface area contributed by atoms with Crippen LogP contribution in [0, 0.1) is 0 Å². The minimum absolute atomic E-state index is 0.00698. The van der Waals surface area contributed by atoms with E-state index in [9.17, 15) is 21.6 Å². The first-order chi connectivity index (χ1) is 8.65. The number of nitrogens with zero attached hydrogens (tertiary/aromatic N) is 1. The molecule has 10 heteroatoms. The molecule has 1 heterocycles. The molecule has 0 aliphatic heterocycles. The van der Waals surface area contributed by atoms with Crippen molar-refractivity contribution in [3.05, 3.63) is 18.0 Å². The largest absolute Gasteiger partial charge is 0.441 e. The molecule has 0 saturated heterocycles.